The summed E-state index contributed by atoms with van der Waals surface area (Å²) >= 11 is 6.66. The van der Waals surface area contributed by atoms with E-state index in [4.69, 9.17) is 4.74 Å². The maximum atomic E-state index is 11.7. The summed E-state index contributed by atoms with van der Waals surface area (Å²) in [4.78, 5) is 18.1. The Morgan fingerprint density at radius 2 is 2.25 bits per heavy atom. The van der Waals surface area contributed by atoms with E-state index in [0.717, 1.165) is 26.8 Å². The first-order valence-electron chi connectivity index (χ1n) is 6.22. The Morgan fingerprint density at radius 1 is 1.45 bits per heavy atom. The molecule has 2 heterocycles. The van der Waals surface area contributed by atoms with Gasteiger partial charge in [-0.1, -0.05) is 0 Å². The van der Waals surface area contributed by atoms with Gasteiger partial charge in [0.25, 0.3) is 0 Å². The number of anilines is 1. The summed E-state index contributed by atoms with van der Waals surface area (Å²) < 4.78 is 6.11. The summed E-state index contributed by atoms with van der Waals surface area (Å²) in [5.74, 6) is -0.350. The first-order chi connectivity index (χ1) is 9.60. The number of esters is 1. The molecule has 0 spiro atoms. The maximum Gasteiger partial charge on any atom is 0.358 e. The highest BCUT2D eigenvalue weighted by Crippen LogP contribution is 2.24. The predicted octanol–water partition coefficient (Wildman–Crippen LogP) is 4.11. The molecule has 0 saturated carbocycles. The number of hydrogen-bond donors (Lipinski definition) is 1. The summed E-state index contributed by atoms with van der Waals surface area (Å²) in [6.07, 6.45) is 0.934. The van der Waals surface area contributed by atoms with Crippen molar-refractivity contribution in [2.45, 2.75) is 20.3 Å². The van der Waals surface area contributed by atoms with Crippen LogP contribution in [0.3, 0.4) is 0 Å². The first kappa shape index (κ1) is 15.5. The van der Waals surface area contributed by atoms with Crippen LogP contribution in [0, 0.1) is 6.92 Å². The Morgan fingerprint density at radius 3 is 2.90 bits per heavy atom. The average molecular weight is 375 g/mol. The third-order valence-corrected chi connectivity index (χ3v) is 5.15. The molecule has 0 atom stereocenters. The van der Waals surface area contributed by atoms with Crippen LogP contribution < -0.4 is 5.32 Å². The Labute approximate surface area is 134 Å². The number of thiophene rings is 1. The van der Waals surface area contributed by atoms with Crippen LogP contribution >= 0.6 is 38.6 Å². The summed E-state index contributed by atoms with van der Waals surface area (Å²) in [7, 11) is 0. The largest absolute Gasteiger partial charge is 0.461 e. The molecule has 0 aliphatic heterocycles. The molecule has 0 amide bonds. The van der Waals surface area contributed by atoms with Crippen LogP contribution in [0.15, 0.2) is 15.9 Å². The lowest BCUT2D eigenvalue weighted by molar-refractivity contribution is 0.0519. The molecule has 4 nitrogen and oxygen atoms in total. The fourth-order valence-corrected chi connectivity index (χ4v) is 3.95. The minimum absolute atomic E-state index is 0.350. The van der Waals surface area contributed by atoms with E-state index in [1.807, 2.05) is 13.0 Å². The van der Waals surface area contributed by atoms with Gasteiger partial charge in [0.2, 0.25) is 0 Å². The Hall–Kier alpha value is -0.920. The van der Waals surface area contributed by atoms with Crippen molar-refractivity contribution in [2.75, 3.05) is 18.5 Å². The summed E-state index contributed by atoms with van der Waals surface area (Å²) in [6, 6.07) is 4.15. The quantitative estimate of drug-likeness (QED) is 0.773. The molecule has 0 aliphatic carbocycles. The summed E-state index contributed by atoms with van der Waals surface area (Å²) in [6.45, 7) is 4.83. The highest BCUT2D eigenvalue weighted by molar-refractivity contribution is 9.11. The van der Waals surface area contributed by atoms with Crippen molar-refractivity contribution >= 4 is 49.7 Å². The molecule has 0 radical (unpaired) electrons. The smallest absolute Gasteiger partial charge is 0.358 e. The fraction of sp³-hybridized carbons (Fsp3) is 0.385. The monoisotopic (exact) mass is 374 g/mol. The summed E-state index contributed by atoms with van der Waals surface area (Å²) in [5, 5.41) is 4.02. The number of rotatable bonds is 6. The van der Waals surface area contributed by atoms with Crippen LogP contribution in [0.5, 0.6) is 0 Å². The second kappa shape index (κ2) is 7.19. The van der Waals surface area contributed by atoms with E-state index in [9.17, 15) is 4.79 Å². The number of hydrogen-bond acceptors (Lipinski definition) is 6. The van der Waals surface area contributed by atoms with E-state index < -0.39 is 0 Å². The van der Waals surface area contributed by atoms with Gasteiger partial charge in [0.05, 0.1) is 10.4 Å². The van der Waals surface area contributed by atoms with Crippen LogP contribution in [-0.2, 0) is 11.2 Å². The molecule has 20 heavy (non-hydrogen) atoms. The highest BCUT2D eigenvalue weighted by Gasteiger charge is 2.16. The van der Waals surface area contributed by atoms with Gasteiger partial charge < -0.3 is 10.1 Å². The number of aromatic nitrogens is 1. The van der Waals surface area contributed by atoms with Crippen LogP contribution in [0.25, 0.3) is 0 Å². The fourth-order valence-electron chi connectivity index (χ4n) is 1.64. The molecule has 0 saturated heterocycles. The van der Waals surface area contributed by atoms with Crippen molar-refractivity contribution in [2.24, 2.45) is 0 Å². The normalized spacial score (nSPS) is 10.6. The van der Waals surface area contributed by atoms with Gasteiger partial charge in [0, 0.05) is 16.3 Å². The molecule has 0 bridgehead atoms. The van der Waals surface area contributed by atoms with Crippen molar-refractivity contribution in [3.8, 4) is 0 Å². The third-order valence-electron chi connectivity index (χ3n) is 2.54. The molecule has 0 aliphatic rings. The van der Waals surface area contributed by atoms with Crippen LogP contribution in [0.2, 0.25) is 0 Å². The number of aryl methyl sites for hydroxylation is 1. The first-order valence-corrected chi connectivity index (χ1v) is 8.65. The molecular formula is C13H15BrN2O2S2. The standard InChI is InChI=1S/C13H15BrN2O2S2/c1-3-18-12(17)11-8(2)19-13(16-11)15-7-6-9-4-5-10(14)20-9/h4-5H,3,6-7H2,1-2H3,(H,15,16). The average Bonchev–Trinajstić information content (AvgIpc) is 2.96. The van der Waals surface area contributed by atoms with Gasteiger partial charge in [-0.2, -0.15) is 0 Å². The lowest BCUT2D eigenvalue weighted by Crippen LogP contribution is -2.07. The molecule has 0 aromatic carbocycles. The molecule has 1 N–H and O–H groups in total. The molecular weight excluding hydrogens is 360 g/mol. The Kier molecular flexibility index (Phi) is 5.56. The molecule has 2 aromatic heterocycles. The number of thiazole rings is 1. The number of nitrogens with zero attached hydrogens (tertiary/aromatic N) is 1. The number of carbonyl (C=O) groups is 1. The van der Waals surface area contributed by atoms with E-state index in [1.54, 1.807) is 18.3 Å². The molecule has 2 aromatic rings. The van der Waals surface area contributed by atoms with Gasteiger partial charge in [0.1, 0.15) is 0 Å². The topological polar surface area (TPSA) is 51.2 Å². The van der Waals surface area contributed by atoms with Crippen LogP contribution in [0.1, 0.15) is 27.2 Å². The van der Waals surface area contributed by atoms with E-state index in [0.29, 0.717) is 12.3 Å². The number of nitrogens with one attached hydrogen (secondary N) is 1. The van der Waals surface area contributed by atoms with Crippen molar-refractivity contribution in [3.05, 3.63) is 31.4 Å². The Bertz CT molecular complexity index is 595. The zero-order valence-electron chi connectivity index (χ0n) is 11.2. The van der Waals surface area contributed by atoms with E-state index in [2.05, 4.69) is 32.3 Å². The van der Waals surface area contributed by atoms with Gasteiger partial charge >= 0.3 is 5.97 Å². The van der Waals surface area contributed by atoms with Gasteiger partial charge in [-0.25, -0.2) is 9.78 Å². The number of carbonyl (C=O) groups excluding carboxylic acids is 1. The molecule has 0 fully saturated rings. The van der Waals surface area contributed by atoms with Crippen LogP contribution in [-0.4, -0.2) is 24.1 Å². The van der Waals surface area contributed by atoms with Gasteiger partial charge in [0.15, 0.2) is 10.8 Å². The molecule has 108 valence electrons. The number of halogens is 1. The minimum atomic E-state index is -0.350. The van der Waals surface area contributed by atoms with Crippen LogP contribution in [0.4, 0.5) is 5.13 Å². The molecule has 2 rings (SSSR count). The maximum absolute atomic E-state index is 11.7. The lowest BCUT2D eigenvalue weighted by Gasteiger charge is -2.00. The van der Waals surface area contributed by atoms with Crippen molar-refractivity contribution in [1.29, 1.82) is 0 Å². The second-order valence-corrected chi connectivity index (χ2v) is 7.78. The minimum Gasteiger partial charge on any atom is -0.461 e. The van der Waals surface area contributed by atoms with Gasteiger partial charge in [-0.05, 0) is 48.3 Å². The zero-order valence-corrected chi connectivity index (χ0v) is 14.5. The molecule has 0 unspecified atom stereocenters. The predicted molar refractivity (Wildman–Crippen MR) is 87.0 cm³/mol. The summed E-state index contributed by atoms with van der Waals surface area (Å²) in [5.41, 5.74) is 0.415. The molecule has 7 heteroatoms. The van der Waals surface area contributed by atoms with E-state index >= 15 is 0 Å². The van der Waals surface area contributed by atoms with E-state index in [-0.39, 0.29) is 5.97 Å². The second-order valence-electron chi connectivity index (χ2n) is 4.03. The zero-order chi connectivity index (χ0) is 14.5. The van der Waals surface area contributed by atoms with Crippen molar-refractivity contribution in [1.82, 2.24) is 4.98 Å². The van der Waals surface area contributed by atoms with Crippen molar-refractivity contribution in [3.63, 3.8) is 0 Å². The van der Waals surface area contributed by atoms with Gasteiger partial charge in [-0.15, -0.1) is 22.7 Å². The SMILES string of the molecule is CCOC(=O)c1nc(NCCc2ccc(Br)s2)sc1C. The lowest BCUT2D eigenvalue weighted by atomic mass is 10.3. The van der Waals surface area contributed by atoms with Gasteiger partial charge in [-0.3, -0.25) is 0 Å². The van der Waals surface area contributed by atoms with Crippen molar-refractivity contribution < 1.29 is 9.53 Å². The highest BCUT2D eigenvalue weighted by atomic mass is 79.9. The third kappa shape index (κ3) is 4.04. The Balaban J connectivity index is 1.90. The number of ether oxygens (including phenoxy) is 1. The van der Waals surface area contributed by atoms with E-state index in [1.165, 1.54) is 16.2 Å².